The van der Waals surface area contributed by atoms with Gasteiger partial charge in [-0.2, -0.15) is 0 Å². The van der Waals surface area contributed by atoms with E-state index in [2.05, 4.69) is 50.3 Å². The van der Waals surface area contributed by atoms with Crippen molar-refractivity contribution < 1.29 is 37.5 Å². The number of phosphoric acid groups is 1. The van der Waals surface area contributed by atoms with Crippen molar-refractivity contribution in [1.29, 1.82) is 0 Å². The smallest absolute Gasteiger partial charge is 0.472 e. The second kappa shape index (κ2) is 34.1. The molecule has 0 aliphatic carbocycles. The number of unbranched alkanes of at least 4 members (excludes halogenated alkanes) is 16. The summed E-state index contributed by atoms with van der Waals surface area (Å²) < 4.78 is 38.9. The molecule has 1 fully saturated rings. The van der Waals surface area contributed by atoms with E-state index in [0.717, 1.165) is 38.5 Å². The van der Waals surface area contributed by atoms with Crippen LogP contribution in [0.5, 0.6) is 0 Å². The van der Waals surface area contributed by atoms with E-state index in [-0.39, 0.29) is 44.9 Å². The van der Waals surface area contributed by atoms with Gasteiger partial charge in [0.2, 0.25) is 0 Å². The molecule has 0 aromatic carbocycles. The molecule has 1 aliphatic rings. The highest BCUT2D eigenvalue weighted by Crippen LogP contribution is 2.43. The zero-order valence-electron chi connectivity index (χ0n) is 32.3. The van der Waals surface area contributed by atoms with Gasteiger partial charge in [-0.25, -0.2) is 4.57 Å². The van der Waals surface area contributed by atoms with Crippen LogP contribution in [0.25, 0.3) is 0 Å². The first-order chi connectivity index (χ1) is 24.9. The Hall–Kier alpha value is -1.74. The van der Waals surface area contributed by atoms with Gasteiger partial charge >= 0.3 is 13.8 Å². The first-order valence-corrected chi connectivity index (χ1v) is 21.8. The van der Waals surface area contributed by atoms with Gasteiger partial charge in [0, 0.05) is 13.0 Å². The maximum atomic E-state index is 12.4. The summed E-state index contributed by atoms with van der Waals surface area (Å²) in [7, 11) is -4.28. The minimum Gasteiger partial charge on any atom is -0.492 e. The molecule has 10 heteroatoms. The van der Waals surface area contributed by atoms with E-state index in [0.29, 0.717) is 12.5 Å². The topological polar surface area (TPSA) is 130 Å². The van der Waals surface area contributed by atoms with E-state index in [1.54, 1.807) is 6.26 Å². The van der Waals surface area contributed by atoms with E-state index in [1.165, 1.54) is 96.3 Å². The highest BCUT2D eigenvalue weighted by molar-refractivity contribution is 7.47. The molecule has 4 atom stereocenters. The summed E-state index contributed by atoms with van der Waals surface area (Å²) in [5.74, 6) is -0.350. The third kappa shape index (κ3) is 31.5. The lowest BCUT2D eigenvalue weighted by Crippen LogP contribution is -2.25. The summed E-state index contributed by atoms with van der Waals surface area (Å²) in [5, 5.41) is 0. The second-order valence-corrected chi connectivity index (χ2v) is 15.1. The normalized spacial score (nSPS) is 18.0. The molecule has 0 radical (unpaired) electrons. The molecule has 0 aromatic heterocycles. The monoisotopic (exact) mass is 740 g/mol. The predicted octanol–water partition coefficient (Wildman–Crippen LogP) is 11.0. The van der Waals surface area contributed by atoms with E-state index >= 15 is 0 Å². The summed E-state index contributed by atoms with van der Waals surface area (Å²) in [6, 6.07) is 0. The molecule has 1 aliphatic heterocycles. The van der Waals surface area contributed by atoms with Crippen molar-refractivity contribution in [2.45, 2.75) is 180 Å². The molecule has 3 unspecified atom stereocenters. The molecular weight excluding hydrogens is 665 g/mol. The quantitative estimate of drug-likeness (QED) is 0.0160. The number of carbonyl (C=O) groups excluding carboxylic acids is 1. The molecule has 1 heterocycles. The van der Waals surface area contributed by atoms with E-state index in [1.807, 2.05) is 6.08 Å². The van der Waals surface area contributed by atoms with Crippen molar-refractivity contribution in [3.05, 3.63) is 48.8 Å². The fraction of sp³-hybridized carbons (Fsp3) is 0.780. The minimum absolute atomic E-state index is 0.0898. The number of carbonyl (C=O) groups is 1. The highest BCUT2D eigenvalue weighted by Gasteiger charge is 2.36. The van der Waals surface area contributed by atoms with E-state index in [9.17, 15) is 14.3 Å². The van der Waals surface area contributed by atoms with Gasteiger partial charge in [-0.1, -0.05) is 134 Å². The van der Waals surface area contributed by atoms with Crippen LogP contribution >= 0.6 is 7.82 Å². The van der Waals surface area contributed by atoms with Gasteiger partial charge in [-0.15, -0.1) is 0 Å². The Morgan fingerprint density at radius 3 is 1.90 bits per heavy atom. The van der Waals surface area contributed by atoms with Gasteiger partial charge < -0.3 is 24.8 Å². The Morgan fingerprint density at radius 2 is 1.24 bits per heavy atom. The molecule has 0 aromatic rings. The van der Waals surface area contributed by atoms with Crippen molar-refractivity contribution in [2.24, 2.45) is 5.73 Å². The Bertz CT molecular complexity index is 985. The lowest BCUT2D eigenvalue weighted by molar-refractivity contribution is -0.147. The van der Waals surface area contributed by atoms with Gasteiger partial charge in [0.15, 0.2) is 6.10 Å². The van der Waals surface area contributed by atoms with Gasteiger partial charge in [0.05, 0.1) is 31.7 Å². The van der Waals surface area contributed by atoms with Crippen molar-refractivity contribution >= 4 is 13.8 Å². The van der Waals surface area contributed by atoms with Crippen molar-refractivity contribution in [1.82, 2.24) is 0 Å². The van der Waals surface area contributed by atoms with Crippen LogP contribution in [0.4, 0.5) is 0 Å². The molecule has 0 saturated carbocycles. The largest absolute Gasteiger partial charge is 0.492 e. The third-order valence-corrected chi connectivity index (χ3v) is 9.72. The Kier molecular flexibility index (Phi) is 31.6. The van der Waals surface area contributed by atoms with Gasteiger partial charge in [-0.05, 0) is 63.9 Å². The molecule has 9 nitrogen and oxygen atoms in total. The fourth-order valence-electron chi connectivity index (χ4n) is 5.54. The number of hydrogen-bond donors (Lipinski definition) is 2. The van der Waals surface area contributed by atoms with Crippen LogP contribution in [0, 0.1) is 0 Å². The van der Waals surface area contributed by atoms with Crippen LogP contribution < -0.4 is 5.73 Å². The number of epoxide rings is 1. The van der Waals surface area contributed by atoms with Gasteiger partial charge in [0.25, 0.3) is 0 Å². The third-order valence-electron chi connectivity index (χ3n) is 8.74. The highest BCUT2D eigenvalue weighted by atomic mass is 31.2. The first-order valence-electron chi connectivity index (χ1n) is 20.3. The molecule has 0 bridgehead atoms. The number of esters is 1. The molecule has 3 N–H and O–H groups in total. The van der Waals surface area contributed by atoms with Crippen LogP contribution in [0.2, 0.25) is 0 Å². The number of allylic oxidation sites excluding steroid dienone is 5. The van der Waals surface area contributed by atoms with Crippen molar-refractivity contribution in [3.8, 4) is 0 Å². The maximum Gasteiger partial charge on any atom is 0.472 e. The van der Waals surface area contributed by atoms with Crippen LogP contribution in [-0.2, 0) is 32.6 Å². The zero-order chi connectivity index (χ0) is 37.1. The SMILES string of the molecule is CCCCC/C=C\C/C=C\CC1OC1C/C=C\CCCC(=O)OC[C@H](COP(=O)(O)OCCN)O/C=C/CCCCCCCCCCCCCC. The molecular formula is C41H74NO8P. The average molecular weight is 740 g/mol. The number of nitrogens with two attached hydrogens (primary N) is 1. The Morgan fingerprint density at radius 1 is 0.706 bits per heavy atom. The lowest BCUT2D eigenvalue weighted by atomic mass is 10.0. The standard InChI is InChI=1S/C41H74NO8P/c1-3-5-7-9-11-13-14-15-16-17-19-21-25-29-34-46-38(37-49-51(44,45)48-35-33-42)36-47-41(43)32-28-24-23-27-31-40-39(50-40)30-26-22-20-18-12-10-8-6-4-2/h12,18,22-23,26-27,29,34,38-40H,3-11,13-17,19-21,24-25,28,30-33,35-37,42H2,1-2H3,(H,44,45)/b18-12-,26-22-,27-23-,34-29+/t38-,39?,40?/m1/s1. The lowest BCUT2D eigenvalue weighted by Gasteiger charge is -2.19. The average Bonchev–Trinajstić information content (AvgIpc) is 3.88. The number of rotatable bonds is 37. The van der Waals surface area contributed by atoms with E-state index in [4.69, 9.17) is 29.0 Å². The minimum atomic E-state index is -4.28. The van der Waals surface area contributed by atoms with E-state index < -0.39 is 13.9 Å². The fourth-order valence-corrected chi connectivity index (χ4v) is 6.31. The summed E-state index contributed by atoms with van der Waals surface area (Å²) in [4.78, 5) is 22.3. The van der Waals surface area contributed by atoms with Crippen LogP contribution in [0.15, 0.2) is 48.8 Å². The Labute approximate surface area is 311 Å². The Balaban J connectivity index is 2.22. The van der Waals surface area contributed by atoms with Crippen LogP contribution in [0.1, 0.15) is 162 Å². The second-order valence-electron chi connectivity index (χ2n) is 13.6. The summed E-state index contributed by atoms with van der Waals surface area (Å²) in [6.45, 7) is 4.10. The molecule has 0 amide bonds. The number of phosphoric ester groups is 1. The summed E-state index contributed by atoms with van der Waals surface area (Å²) in [6.07, 6.45) is 42.5. The van der Waals surface area contributed by atoms with Crippen LogP contribution in [0.3, 0.4) is 0 Å². The van der Waals surface area contributed by atoms with Crippen molar-refractivity contribution in [2.75, 3.05) is 26.4 Å². The molecule has 296 valence electrons. The van der Waals surface area contributed by atoms with Gasteiger partial charge in [0.1, 0.15) is 6.61 Å². The molecule has 1 rings (SSSR count). The van der Waals surface area contributed by atoms with Crippen LogP contribution in [-0.4, -0.2) is 55.5 Å². The summed E-state index contributed by atoms with van der Waals surface area (Å²) >= 11 is 0. The number of ether oxygens (including phenoxy) is 3. The molecule has 1 saturated heterocycles. The number of hydrogen-bond acceptors (Lipinski definition) is 8. The predicted molar refractivity (Wildman–Crippen MR) is 209 cm³/mol. The molecule has 51 heavy (non-hydrogen) atoms. The summed E-state index contributed by atoms with van der Waals surface area (Å²) in [5.41, 5.74) is 5.35. The maximum absolute atomic E-state index is 12.4. The van der Waals surface area contributed by atoms with Gasteiger partial charge in [-0.3, -0.25) is 13.8 Å². The first kappa shape index (κ1) is 47.3. The molecule has 0 spiro atoms. The zero-order valence-corrected chi connectivity index (χ0v) is 33.2. The van der Waals surface area contributed by atoms with Crippen molar-refractivity contribution in [3.63, 3.8) is 0 Å².